The Balaban J connectivity index is 2.64. The second-order valence-corrected chi connectivity index (χ2v) is 8.69. The van der Waals surface area contributed by atoms with Gasteiger partial charge in [0.1, 0.15) is 0 Å². The summed E-state index contributed by atoms with van der Waals surface area (Å²) in [5.74, 6) is 0.355. The highest BCUT2D eigenvalue weighted by molar-refractivity contribution is 7.99. The summed E-state index contributed by atoms with van der Waals surface area (Å²) in [7, 11) is 0.151. The maximum Gasteiger partial charge on any atom is 0.307 e. The Bertz CT molecular complexity index is 472. The molecule has 0 fully saturated rings. The zero-order valence-corrected chi connectivity index (χ0v) is 14.6. The van der Waals surface area contributed by atoms with E-state index in [1.54, 1.807) is 11.8 Å². The summed E-state index contributed by atoms with van der Waals surface area (Å²) in [6.07, 6.45) is 0.207. The van der Waals surface area contributed by atoms with Crippen molar-refractivity contribution >= 4 is 28.7 Å². The lowest BCUT2D eigenvalue weighted by atomic mass is 10.2. The van der Waals surface area contributed by atoms with Crippen LogP contribution in [0.2, 0.25) is 0 Å². The van der Waals surface area contributed by atoms with E-state index in [1.165, 1.54) is 7.11 Å². The van der Waals surface area contributed by atoms with Gasteiger partial charge in [-0.25, -0.2) is 8.93 Å². The normalized spacial score (nSPS) is 14.5. The molecule has 2 atom stereocenters. The minimum absolute atomic E-state index is 0.192. The fraction of sp³-hybridized carbons (Fsp3) is 0.533. The number of carbonyl (C=O) groups is 1. The van der Waals surface area contributed by atoms with Gasteiger partial charge in [0.15, 0.2) is 0 Å². The van der Waals surface area contributed by atoms with Crippen LogP contribution < -0.4 is 4.72 Å². The van der Waals surface area contributed by atoms with Crippen LogP contribution in [0, 0.1) is 0 Å². The molecule has 0 aromatic heterocycles. The molecule has 4 nitrogen and oxygen atoms in total. The lowest BCUT2D eigenvalue weighted by Crippen LogP contribution is -2.42. The highest BCUT2D eigenvalue weighted by Gasteiger charge is 2.24. The molecule has 21 heavy (non-hydrogen) atoms. The summed E-state index contributed by atoms with van der Waals surface area (Å²) in [6.45, 7) is 5.70. The van der Waals surface area contributed by atoms with E-state index in [4.69, 9.17) is 4.74 Å². The number of benzene rings is 1. The van der Waals surface area contributed by atoms with Gasteiger partial charge in [-0.2, -0.15) is 0 Å². The van der Waals surface area contributed by atoms with Gasteiger partial charge in [0.05, 0.1) is 29.3 Å². The van der Waals surface area contributed by atoms with Crippen molar-refractivity contribution in [3.05, 3.63) is 30.3 Å². The first-order valence-corrected chi connectivity index (χ1v) is 8.89. The Morgan fingerprint density at radius 2 is 1.95 bits per heavy atom. The van der Waals surface area contributed by atoms with Gasteiger partial charge in [-0.15, -0.1) is 11.8 Å². The van der Waals surface area contributed by atoms with Crippen molar-refractivity contribution in [2.75, 3.05) is 12.9 Å². The number of hydrogen-bond acceptors (Lipinski definition) is 4. The number of rotatable bonds is 7. The van der Waals surface area contributed by atoms with Crippen LogP contribution in [0.3, 0.4) is 0 Å². The first kappa shape index (κ1) is 18.2. The molecular formula is C15H23NO3S2. The second-order valence-electron chi connectivity index (χ2n) is 5.60. The number of carbonyl (C=O) groups excluding carboxylic acids is 1. The van der Waals surface area contributed by atoms with Crippen LogP contribution in [0.15, 0.2) is 35.2 Å². The van der Waals surface area contributed by atoms with Crippen LogP contribution in [0.25, 0.3) is 0 Å². The van der Waals surface area contributed by atoms with E-state index in [2.05, 4.69) is 4.72 Å². The molecule has 0 amide bonds. The molecule has 0 spiro atoms. The summed E-state index contributed by atoms with van der Waals surface area (Å²) in [6, 6.07) is 9.74. The number of methoxy groups -OCH3 is 1. The smallest absolute Gasteiger partial charge is 0.307 e. The predicted octanol–water partition coefficient (Wildman–Crippen LogP) is 2.76. The van der Waals surface area contributed by atoms with Crippen molar-refractivity contribution < 1.29 is 13.7 Å². The molecule has 1 N–H and O–H groups in total. The van der Waals surface area contributed by atoms with E-state index in [1.807, 2.05) is 51.1 Å². The van der Waals surface area contributed by atoms with Crippen molar-refractivity contribution in [1.29, 1.82) is 0 Å². The number of esters is 1. The molecule has 0 aliphatic heterocycles. The van der Waals surface area contributed by atoms with Gasteiger partial charge in [0.2, 0.25) is 0 Å². The topological polar surface area (TPSA) is 55.4 Å². The zero-order valence-electron chi connectivity index (χ0n) is 12.9. The molecule has 6 heteroatoms. The van der Waals surface area contributed by atoms with Gasteiger partial charge in [0.25, 0.3) is 0 Å². The molecule has 1 aromatic carbocycles. The Labute approximate surface area is 133 Å². The Hall–Kier alpha value is -0.850. The van der Waals surface area contributed by atoms with Gasteiger partial charge in [-0.1, -0.05) is 18.2 Å². The minimum Gasteiger partial charge on any atom is -0.469 e. The van der Waals surface area contributed by atoms with Gasteiger partial charge in [0, 0.05) is 16.7 Å². The molecule has 0 bridgehead atoms. The lowest BCUT2D eigenvalue weighted by molar-refractivity contribution is -0.140. The average Bonchev–Trinajstić information content (AvgIpc) is 2.44. The van der Waals surface area contributed by atoms with E-state index in [0.717, 1.165) is 4.90 Å². The van der Waals surface area contributed by atoms with Gasteiger partial charge in [-0.05, 0) is 32.9 Å². The highest BCUT2D eigenvalue weighted by Crippen LogP contribution is 2.20. The highest BCUT2D eigenvalue weighted by atomic mass is 32.2. The first-order valence-electron chi connectivity index (χ1n) is 6.75. The summed E-state index contributed by atoms with van der Waals surface area (Å²) in [5.41, 5.74) is 0. The summed E-state index contributed by atoms with van der Waals surface area (Å²) in [5, 5.41) is 0. The molecule has 0 saturated heterocycles. The summed E-state index contributed by atoms with van der Waals surface area (Å²) >= 11 is 1.63. The third-order valence-corrected chi connectivity index (χ3v) is 5.50. The Morgan fingerprint density at radius 1 is 1.33 bits per heavy atom. The fourth-order valence-corrected chi connectivity index (χ4v) is 3.33. The van der Waals surface area contributed by atoms with E-state index in [0.29, 0.717) is 5.75 Å². The monoisotopic (exact) mass is 329 g/mol. The van der Waals surface area contributed by atoms with E-state index in [9.17, 15) is 9.00 Å². The fourth-order valence-electron chi connectivity index (χ4n) is 1.46. The van der Waals surface area contributed by atoms with E-state index in [-0.39, 0.29) is 23.2 Å². The van der Waals surface area contributed by atoms with Crippen LogP contribution in [0.5, 0.6) is 0 Å². The van der Waals surface area contributed by atoms with Crippen LogP contribution in [0.1, 0.15) is 27.2 Å². The van der Waals surface area contributed by atoms with Gasteiger partial charge < -0.3 is 4.74 Å². The number of thioether (sulfide) groups is 1. The van der Waals surface area contributed by atoms with Crippen LogP contribution in [0.4, 0.5) is 0 Å². The third kappa shape index (κ3) is 7.11. The first-order chi connectivity index (χ1) is 9.82. The van der Waals surface area contributed by atoms with E-state index >= 15 is 0 Å². The molecule has 1 aromatic rings. The molecule has 0 saturated carbocycles. The van der Waals surface area contributed by atoms with Gasteiger partial charge >= 0.3 is 5.97 Å². The van der Waals surface area contributed by atoms with Gasteiger partial charge in [-0.3, -0.25) is 4.79 Å². The maximum absolute atomic E-state index is 12.2. The van der Waals surface area contributed by atoms with Crippen molar-refractivity contribution in [3.63, 3.8) is 0 Å². The molecule has 0 heterocycles. The quantitative estimate of drug-likeness (QED) is 0.617. The van der Waals surface area contributed by atoms with E-state index < -0.39 is 11.0 Å². The molecular weight excluding hydrogens is 306 g/mol. The average molecular weight is 329 g/mol. The van der Waals surface area contributed by atoms with Crippen molar-refractivity contribution in [2.45, 2.75) is 42.9 Å². The largest absolute Gasteiger partial charge is 0.469 e. The molecule has 0 unspecified atom stereocenters. The van der Waals surface area contributed by atoms with Crippen molar-refractivity contribution in [3.8, 4) is 0 Å². The Kier molecular flexibility index (Phi) is 7.42. The van der Waals surface area contributed by atoms with Crippen LogP contribution >= 0.6 is 11.8 Å². The second kappa shape index (κ2) is 8.56. The SMILES string of the molecule is COC(=O)C[C@H](CSc1ccccc1)N[S@@](=O)C(C)(C)C. The zero-order chi connectivity index (χ0) is 15.9. The minimum atomic E-state index is -1.21. The summed E-state index contributed by atoms with van der Waals surface area (Å²) in [4.78, 5) is 12.6. The Morgan fingerprint density at radius 3 is 2.48 bits per heavy atom. The summed E-state index contributed by atoms with van der Waals surface area (Å²) < 4.78 is 19.6. The van der Waals surface area contributed by atoms with Crippen LogP contribution in [-0.4, -0.2) is 33.8 Å². The van der Waals surface area contributed by atoms with Crippen molar-refractivity contribution in [1.82, 2.24) is 4.72 Å². The number of ether oxygens (including phenoxy) is 1. The number of nitrogens with one attached hydrogen (secondary N) is 1. The molecule has 1 rings (SSSR count). The lowest BCUT2D eigenvalue weighted by Gasteiger charge is -2.23. The molecule has 0 aliphatic carbocycles. The van der Waals surface area contributed by atoms with Crippen LogP contribution in [-0.2, 0) is 20.5 Å². The number of hydrogen-bond donors (Lipinski definition) is 1. The predicted molar refractivity (Wildman–Crippen MR) is 88.6 cm³/mol. The molecule has 0 radical (unpaired) electrons. The molecule has 118 valence electrons. The standard InChI is InChI=1S/C15H23NO3S2/c1-15(2,3)21(18)16-12(10-14(17)19-4)11-20-13-8-6-5-7-9-13/h5-9,12,16H,10-11H2,1-4H3/t12-,21+/m1/s1. The third-order valence-electron chi connectivity index (χ3n) is 2.67. The maximum atomic E-state index is 12.2. The molecule has 0 aliphatic rings. The van der Waals surface area contributed by atoms with Crippen molar-refractivity contribution in [2.24, 2.45) is 0 Å².